The van der Waals surface area contributed by atoms with Crippen molar-refractivity contribution < 1.29 is 29.4 Å². The van der Waals surface area contributed by atoms with Gasteiger partial charge in [-0.2, -0.15) is 0 Å². The van der Waals surface area contributed by atoms with E-state index in [2.05, 4.69) is 16.8 Å². The summed E-state index contributed by atoms with van der Waals surface area (Å²) in [6.45, 7) is 5.74. The fourth-order valence-electron chi connectivity index (χ4n) is 5.12. The lowest BCUT2D eigenvalue weighted by Crippen LogP contribution is -2.37. The minimum absolute atomic E-state index is 0.00377. The van der Waals surface area contributed by atoms with Crippen molar-refractivity contribution in [2.75, 3.05) is 20.1 Å². The van der Waals surface area contributed by atoms with E-state index in [4.69, 9.17) is 14.7 Å². The van der Waals surface area contributed by atoms with Gasteiger partial charge < -0.3 is 24.8 Å². The van der Waals surface area contributed by atoms with Gasteiger partial charge in [0.2, 0.25) is 11.8 Å². The number of rotatable bonds is 14. The number of likely N-dealkylation sites (N-methyl/N-ethyl adjacent to an activating group) is 1. The Morgan fingerprint density at radius 2 is 1.67 bits per heavy atom. The zero-order valence-corrected chi connectivity index (χ0v) is 24.6. The SMILES string of the molecule is C=CCN(C)CC1CC(c2ccc(CO)cc2)OC(c2ccc(-c3cccc(CNC(=O)CCCC(=O)NO)c3)cc2)O1. The number of hydrogen-bond donors (Lipinski definition) is 4. The van der Waals surface area contributed by atoms with Gasteiger partial charge in [-0.05, 0) is 47.4 Å². The van der Waals surface area contributed by atoms with Gasteiger partial charge in [0, 0.05) is 44.5 Å². The Bertz CT molecular complexity index is 1340. The van der Waals surface area contributed by atoms with Crippen LogP contribution in [0.25, 0.3) is 11.1 Å². The predicted molar refractivity (Wildman–Crippen MR) is 164 cm³/mol. The smallest absolute Gasteiger partial charge is 0.243 e. The van der Waals surface area contributed by atoms with E-state index in [9.17, 15) is 14.7 Å². The van der Waals surface area contributed by atoms with E-state index in [1.165, 1.54) is 0 Å². The average Bonchev–Trinajstić information content (AvgIpc) is 3.04. The van der Waals surface area contributed by atoms with E-state index in [1.807, 2.05) is 85.9 Å². The summed E-state index contributed by atoms with van der Waals surface area (Å²) in [5.41, 5.74) is 7.42. The van der Waals surface area contributed by atoms with E-state index >= 15 is 0 Å². The van der Waals surface area contributed by atoms with Crippen LogP contribution in [0.1, 0.15) is 60.3 Å². The Morgan fingerprint density at radius 1 is 0.953 bits per heavy atom. The molecule has 0 bridgehead atoms. The van der Waals surface area contributed by atoms with Crippen molar-refractivity contribution in [1.29, 1.82) is 0 Å². The average molecular weight is 588 g/mol. The summed E-state index contributed by atoms with van der Waals surface area (Å²) in [6, 6.07) is 24.0. The quantitative estimate of drug-likeness (QED) is 0.122. The summed E-state index contributed by atoms with van der Waals surface area (Å²) in [7, 11) is 2.05. The van der Waals surface area contributed by atoms with Crippen molar-refractivity contribution in [2.24, 2.45) is 0 Å². The summed E-state index contributed by atoms with van der Waals surface area (Å²) >= 11 is 0. The largest absolute Gasteiger partial charge is 0.392 e. The molecule has 3 aromatic rings. The molecule has 43 heavy (non-hydrogen) atoms. The van der Waals surface area contributed by atoms with Gasteiger partial charge in [-0.3, -0.25) is 14.8 Å². The zero-order chi connectivity index (χ0) is 30.6. The van der Waals surface area contributed by atoms with Crippen molar-refractivity contribution in [2.45, 2.75) is 57.3 Å². The fourth-order valence-corrected chi connectivity index (χ4v) is 5.12. The third-order valence-corrected chi connectivity index (χ3v) is 7.44. The fraction of sp³-hybridized carbons (Fsp3) is 0.353. The molecule has 9 nitrogen and oxygen atoms in total. The minimum Gasteiger partial charge on any atom is -0.392 e. The predicted octanol–water partition coefficient (Wildman–Crippen LogP) is 4.80. The van der Waals surface area contributed by atoms with Crippen LogP contribution in [0.15, 0.2) is 85.5 Å². The summed E-state index contributed by atoms with van der Waals surface area (Å²) in [5, 5.41) is 20.9. The molecule has 0 spiro atoms. The number of amides is 2. The molecule has 0 aromatic heterocycles. The second kappa shape index (κ2) is 16.1. The zero-order valence-electron chi connectivity index (χ0n) is 24.6. The summed E-state index contributed by atoms with van der Waals surface area (Å²) in [4.78, 5) is 25.4. The molecule has 3 aromatic carbocycles. The van der Waals surface area contributed by atoms with Crippen molar-refractivity contribution in [3.63, 3.8) is 0 Å². The van der Waals surface area contributed by atoms with Crippen LogP contribution in [0.4, 0.5) is 0 Å². The number of aliphatic hydroxyl groups excluding tert-OH is 1. The standard InChI is InChI=1S/C34H41N3O6/c1-3-18-37(2)22-30-20-31(27-12-10-24(23-38)11-13-27)43-34(42-30)28-16-14-26(15-17-28)29-7-4-6-25(19-29)21-35-32(39)8-5-9-33(40)36-41/h3-4,6-7,10-17,19,30-31,34,38,41H,1,5,8-9,18,20-23H2,2H3,(H,35,39)(H,36,40). The summed E-state index contributed by atoms with van der Waals surface area (Å²) in [5.74, 6) is -0.651. The Labute approximate surface area is 253 Å². The second-order valence-corrected chi connectivity index (χ2v) is 10.8. The summed E-state index contributed by atoms with van der Waals surface area (Å²) < 4.78 is 12.9. The lowest BCUT2D eigenvalue weighted by atomic mass is 9.99. The highest BCUT2D eigenvalue weighted by Gasteiger charge is 2.32. The van der Waals surface area contributed by atoms with Crippen LogP contribution in [0.2, 0.25) is 0 Å². The van der Waals surface area contributed by atoms with Crippen LogP contribution in [0.3, 0.4) is 0 Å². The van der Waals surface area contributed by atoms with E-state index in [0.717, 1.165) is 52.9 Å². The van der Waals surface area contributed by atoms with Crippen LogP contribution < -0.4 is 10.8 Å². The van der Waals surface area contributed by atoms with E-state index in [-0.39, 0.29) is 37.6 Å². The van der Waals surface area contributed by atoms with Crippen molar-refractivity contribution in [3.05, 3.63) is 108 Å². The Balaban J connectivity index is 1.42. The van der Waals surface area contributed by atoms with Crippen molar-refractivity contribution >= 4 is 11.8 Å². The number of hydroxylamine groups is 1. The normalized spacial score (nSPS) is 18.3. The lowest BCUT2D eigenvalue weighted by Gasteiger charge is -2.37. The van der Waals surface area contributed by atoms with Gasteiger partial charge in [0.25, 0.3) is 0 Å². The third-order valence-electron chi connectivity index (χ3n) is 7.44. The molecule has 1 aliphatic rings. The monoisotopic (exact) mass is 587 g/mol. The number of nitrogens with zero attached hydrogens (tertiary/aromatic N) is 1. The molecule has 2 amide bonds. The molecule has 3 unspecified atom stereocenters. The molecule has 3 atom stereocenters. The van der Waals surface area contributed by atoms with Crippen LogP contribution in [-0.4, -0.2) is 53.3 Å². The molecule has 1 fully saturated rings. The highest BCUT2D eigenvalue weighted by Crippen LogP contribution is 2.38. The van der Waals surface area contributed by atoms with Crippen LogP contribution >= 0.6 is 0 Å². The third kappa shape index (κ3) is 9.57. The first kappa shape index (κ1) is 32.1. The summed E-state index contributed by atoms with van der Waals surface area (Å²) in [6.07, 6.45) is 2.55. The molecule has 9 heteroatoms. The van der Waals surface area contributed by atoms with Gasteiger partial charge in [-0.25, -0.2) is 5.48 Å². The molecule has 4 rings (SSSR count). The van der Waals surface area contributed by atoms with Crippen LogP contribution in [0.5, 0.6) is 0 Å². The van der Waals surface area contributed by atoms with Gasteiger partial charge in [0.1, 0.15) is 0 Å². The van der Waals surface area contributed by atoms with Crippen molar-refractivity contribution in [3.8, 4) is 11.1 Å². The Morgan fingerprint density at radius 3 is 2.37 bits per heavy atom. The number of aliphatic hydroxyl groups is 1. The first-order chi connectivity index (χ1) is 20.9. The minimum atomic E-state index is -0.530. The topological polar surface area (TPSA) is 120 Å². The van der Waals surface area contributed by atoms with Gasteiger partial charge >= 0.3 is 0 Å². The number of carbonyl (C=O) groups excluding carboxylic acids is 2. The second-order valence-electron chi connectivity index (χ2n) is 10.8. The molecule has 0 radical (unpaired) electrons. The van der Waals surface area contributed by atoms with Gasteiger partial charge in [0.05, 0.1) is 18.8 Å². The maximum Gasteiger partial charge on any atom is 0.243 e. The molecule has 0 aliphatic carbocycles. The molecule has 1 saturated heterocycles. The van der Waals surface area contributed by atoms with Gasteiger partial charge in [0.15, 0.2) is 6.29 Å². The highest BCUT2D eigenvalue weighted by atomic mass is 16.7. The molecule has 1 heterocycles. The number of carbonyl (C=O) groups is 2. The maximum absolute atomic E-state index is 12.1. The molecular weight excluding hydrogens is 546 g/mol. The maximum atomic E-state index is 12.1. The van der Waals surface area contributed by atoms with Gasteiger partial charge in [-0.1, -0.05) is 72.8 Å². The van der Waals surface area contributed by atoms with Crippen LogP contribution in [-0.2, 0) is 32.2 Å². The lowest BCUT2D eigenvalue weighted by molar-refractivity contribution is -0.252. The first-order valence-corrected chi connectivity index (χ1v) is 14.6. The number of ether oxygens (including phenoxy) is 2. The Hall–Kier alpha value is -3.86. The number of hydrogen-bond acceptors (Lipinski definition) is 7. The van der Waals surface area contributed by atoms with E-state index < -0.39 is 12.2 Å². The highest BCUT2D eigenvalue weighted by molar-refractivity contribution is 5.78. The van der Waals surface area contributed by atoms with E-state index in [0.29, 0.717) is 13.0 Å². The molecule has 4 N–H and O–H groups in total. The molecular formula is C34H41N3O6. The molecule has 1 aliphatic heterocycles. The molecule has 0 saturated carbocycles. The number of benzene rings is 3. The first-order valence-electron chi connectivity index (χ1n) is 14.6. The van der Waals surface area contributed by atoms with Gasteiger partial charge in [-0.15, -0.1) is 6.58 Å². The van der Waals surface area contributed by atoms with E-state index in [1.54, 1.807) is 5.48 Å². The number of nitrogens with one attached hydrogen (secondary N) is 2. The molecule has 228 valence electrons. The Kier molecular flexibility index (Phi) is 12.0. The van der Waals surface area contributed by atoms with Crippen LogP contribution in [0, 0.1) is 0 Å². The van der Waals surface area contributed by atoms with Crippen molar-refractivity contribution in [1.82, 2.24) is 15.7 Å².